The number of aliphatic hydroxyl groups excluding tert-OH is 25. The summed E-state index contributed by atoms with van der Waals surface area (Å²) in [6, 6.07) is -7.19. The van der Waals surface area contributed by atoms with E-state index in [2.05, 4.69) is 21.3 Å². The monoisotopic (exact) mass is 1640 g/mol. The second kappa shape index (κ2) is 40.3. The minimum absolute atomic E-state index is 0.782. The van der Waals surface area contributed by atoms with Crippen molar-refractivity contribution in [3.63, 3.8) is 0 Å². The molecule has 0 aromatic carbocycles. The quantitative estimate of drug-likeness (QED) is 0.0331. The molecule has 9 aliphatic heterocycles. The molecule has 648 valence electrons. The van der Waals surface area contributed by atoms with Crippen LogP contribution >= 0.6 is 0 Å². The first-order valence-corrected chi connectivity index (χ1v) is 35.6. The number of hydrogen-bond donors (Lipinski definition) is 29. The summed E-state index contributed by atoms with van der Waals surface area (Å²) in [5.74, 6) is -3.51. The van der Waals surface area contributed by atoms with Crippen molar-refractivity contribution in [1.82, 2.24) is 21.3 Å². The van der Waals surface area contributed by atoms with Gasteiger partial charge in [0.05, 0.1) is 59.5 Å². The third kappa shape index (κ3) is 20.4. The van der Waals surface area contributed by atoms with Crippen LogP contribution in [-0.4, -0.2) is 487 Å². The lowest BCUT2D eigenvalue weighted by atomic mass is 9.93. The number of hydrogen-bond acceptors (Lipinski definition) is 46. The molecule has 9 aliphatic rings. The number of rotatable bonds is 29. The summed E-state index contributed by atoms with van der Waals surface area (Å²) in [7, 11) is 0. The van der Waals surface area contributed by atoms with Gasteiger partial charge in [0, 0.05) is 27.7 Å². The maximum absolute atomic E-state index is 12.9. The lowest BCUT2D eigenvalue weighted by Crippen LogP contribution is -2.71. The van der Waals surface area contributed by atoms with E-state index in [1.165, 1.54) is 0 Å². The zero-order valence-electron chi connectivity index (χ0n) is 60.1. The molecule has 45 atom stereocenters. The molecule has 9 fully saturated rings. The summed E-state index contributed by atoms with van der Waals surface area (Å²) in [6.07, 6.45) is -83.7. The molecule has 0 aliphatic carbocycles. The molecule has 29 N–H and O–H groups in total. The van der Waals surface area contributed by atoms with E-state index in [-0.39, 0.29) is 0 Å². The standard InChI is InChI=1S/C62H104N4O46/c1-14(74)63-27-36(83)48(21(8-70)98-54(27)95)107-56-29(65-16(3)76)38(85)51(24(11-73)103-56)110-61-47(94)52(111-62-53(43(90)33(80)20(7-69)101-62)112-57-30(66-17(4)77)39(86)50(23(10-72)104-57)109-60-46(93)41(88)32(79)19(6-68)100-60)35(82)26(106-61)13-97-58-44(91)42(89)34(81)25(105-58)12-96-55-28(64-15(2)75)37(84)49(22(9-71)102-55)108-59-45(92)40(87)31(78)18(5-67)99-59/h18-62,67-73,78-95H,5-13H2,1-4H3,(H,63,74)(H,64,75)(H,65,76)(H,66,77)/t18-,19-,20-,21-,22-,23-,24-,25-,26-,27-,28-,29-,30-,31+,32+,33-,34-,35-,36-,37-,38-,39-,40+,41+,42+,43+,44+,45-,46-,47+,48-,49-,50-,51-,52+,53+,54-,55-,56+,57+,58+,59+,60+,61+,62-/m1/s1. The van der Waals surface area contributed by atoms with E-state index in [4.69, 9.17) is 80.5 Å². The molecule has 4 amide bonds. The van der Waals surface area contributed by atoms with Gasteiger partial charge in [0.25, 0.3) is 0 Å². The van der Waals surface area contributed by atoms with Crippen LogP contribution in [0.15, 0.2) is 0 Å². The highest BCUT2D eigenvalue weighted by molar-refractivity contribution is 5.74. The van der Waals surface area contributed by atoms with Crippen LogP contribution in [0.3, 0.4) is 0 Å². The fourth-order valence-corrected chi connectivity index (χ4v) is 14.4. The van der Waals surface area contributed by atoms with Gasteiger partial charge < -0.3 is 229 Å². The van der Waals surface area contributed by atoms with Crippen LogP contribution in [0.1, 0.15) is 27.7 Å². The Labute approximate surface area is 634 Å². The zero-order valence-corrected chi connectivity index (χ0v) is 60.1. The van der Waals surface area contributed by atoms with Crippen LogP contribution in [0, 0.1) is 0 Å². The Hall–Kier alpha value is -3.80. The Morgan fingerprint density at radius 1 is 0.232 bits per heavy atom. The molecular formula is C62H104N4O46. The van der Waals surface area contributed by atoms with Gasteiger partial charge in [-0.1, -0.05) is 0 Å². The molecule has 0 aromatic rings. The predicted octanol–water partition coefficient (Wildman–Crippen LogP) is -20.1. The topological polar surface area (TPSA) is 779 Å². The molecule has 9 rings (SSSR count). The van der Waals surface area contributed by atoms with Crippen LogP contribution in [0.5, 0.6) is 0 Å². The molecule has 50 nitrogen and oxygen atoms in total. The van der Waals surface area contributed by atoms with E-state index >= 15 is 0 Å². The minimum Gasteiger partial charge on any atom is -0.394 e. The van der Waals surface area contributed by atoms with Crippen molar-refractivity contribution < 1.29 is 227 Å². The summed E-state index contributed by atoms with van der Waals surface area (Å²) in [5, 5.41) is 285. The van der Waals surface area contributed by atoms with Gasteiger partial charge in [-0.05, 0) is 0 Å². The molecule has 50 heteroatoms. The van der Waals surface area contributed by atoms with Gasteiger partial charge in [-0.15, -0.1) is 0 Å². The van der Waals surface area contributed by atoms with Crippen LogP contribution < -0.4 is 21.3 Å². The Bertz CT molecular complexity index is 2970. The second-order valence-corrected chi connectivity index (χ2v) is 28.2. The molecule has 0 spiro atoms. The van der Waals surface area contributed by atoms with Gasteiger partial charge in [-0.25, -0.2) is 0 Å². The summed E-state index contributed by atoms with van der Waals surface area (Å²) in [4.78, 5) is 50.6. The highest BCUT2D eigenvalue weighted by Crippen LogP contribution is 2.39. The Morgan fingerprint density at radius 2 is 0.491 bits per heavy atom. The summed E-state index contributed by atoms with van der Waals surface area (Å²) < 4.78 is 99.7. The first-order chi connectivity index (χ1) is 53.0. The Kier molecular flexibility index (Phi) is 33.1. The third-order valence-electron chi connectivity index (χ3n) is 20.3. The third-order valence-corrected chi connectivity index (χ3v) is 20.3. The number of aliphatic hydroxyl groups is 25. The minimum atomic E-state index is -2.54. The number of ether oxygens (including phenoxy) is 17. The fourth-order valence-electron chi connectivity index (χ4n) is 14.4. The van der Waals surface area contributed by atoms with Crippen LogP contribution in [-0.2, 0) is 99.7 Å². The number of carbonyl (C=O) groups is 4. The molecule has 0 radical (unpaired) electrons. The second-order valence-electron chi connectivity index (χ2n) is 28.2. The van der Waals surface area contributed by atoms with E-state index in [1.54, 1.807) is 0 Å². The van der Waals surface area contributed by atoms with Crippen molar-refractivity contribution in [2.75, 3.05) is 59.5 Å². The summed E-state index contributed by atoms with van der Waals surface area (Å²) in [5.41, 5.74) is 0. The molecule has 0 aromatic heterocycles. The number of nitrogens with one attached hydrogen (secondary N) is 4. The molecule has 0 unspecified atom stereocenters. The lowest BCUT2D eigenvalue weighted by molar-refractivity contribution is -0.397. The van der Waals surface area contributed by atoms with Crippen molar-refractivity contribution in [3.8, 4) is 0 Å². The normalized spacial score (nSPS) is 48.9. The van der Waals surface area contributed by atoms with Crippen molar-refractivity contribution in [3.05, 3.63) is 0 Å². The van der Waals surface area contributed by atoms with Crippen molar-refractivity contribution in [2.24, 2.45) is 0 Å². The largest absolute Gasteiger partial charge is 0.394 e. The number of amides is 4. The fraction of sp³-hybridized carbons (Fsp3) is 0.935. The van der Waals surface area contributed by atoms with Gasteiger partial charge in [-0.3, -0.25) is 19.2 Å². The highest BCUT2D eigenvalue weighted by Gasteiger charge is 2.61. The summed E-state index contributed by atoms with van der Waals surface area (Å²) >= 11 is 0. The van der Waals surface area contributed by atoms with Gasteiger partial charge in [0.1, 0.15) is 219 Å². The van der Waals surface area contributed by atoms with Crippen molar-refractivity contribution in [2.45, 2.75) is 304 Å². The highest BCUT2D eigenvalue weighted by atomic mass is 16.8. The average molecular weight is 1640 g/mol. The van der Waals surface area contributed by atoms with Gasteiger partial charge in [-0.2, -0.15) is 0 Å². The van der Waals surface area contributed by atoms with Gasteiger partial charge >= 0.3 is 0 Å². The Balaban J connectivity index is 1.00. The first kappa shape index (κ1) is 92.1. The van der Waals surface area contributed by atoms with E-state index in [9.17, 15) is 147 Å². The van der Waals surface area contributed by atoms with Crippen LogP contribution in [0.2, 0.25) is 0 Å². The van der Waals surface area contributed by atoms with Gasteiger partial charge in [0.2, 0.25) is 23.6 Å². The zero-order chi connectivity index (χ0) is 82.5. The maximum atomic E-state index is 12.9. The maximum Gasteiger partial charge on any atom is 0.217 e. The molecule has 0 saturated carbocycles. The van der Waals surface area contributed by atoms with Crippen molar-refractivity contribution in [1.29, 1.82) is 0 Å². The first-order valence-electron chi connectivity index (χ1n) is 35.6. The molecule has 9 saturated heterocycles. The van der Waals surface area contributed by atoms with E-state index in [1.807, 2.05) is 0 Å². The molecule has 9 heterocycles. The lowest BCUT2D eigenvalue weighted by Gasteiger charge is -2.51. The van der Waals surface area contributed by atoms with Crippen molar-refractivity contribution >= 4 is 23.6 Å². The average Bonchev–Trinajstić information content (AvgIpc) is 0.772. The van der Waals surface area contributed by atoms with Crippen LogP contribution in [0.4, 0.5) is 0 Å². The Morgan fingerprint density at radius 3 is 0.893 bits per heavy atom. The molecule has 0 bridgehead atoms. The van der Waals surface area contributed by atoms with Crippen LogP contribution in [0.25, 0.3) is 0 Å². The predicted molar refractivity (Wildman–Crippen MR) is 343 cm³/mol. The molecular weight excluding hydrogens is 1540 g/mol. The smallest absolute Gasteiger partial charge is 0.217 e. The van der Waals surface area contributed by atoms with E-state index in [0.29, 0.717) is 0 Å². The SMILES string of the molecule is CC(=O)N[C@@H]1[C@@H](O)[C@H](O[C@@H]2O[C@H](CO)[C@@H](O[C@@H]3O[C@H](CO[C@H]4O[C@H](CO[C@@H]5O[C@H](CO)[C@@H](O[C@@H]6O[C@H](CO)[C@H](O)[C@H](O)[C@H]6O)[C@H](O)[C@H]5NC(C)=O)[C@@H](O)[C@H](O)[C@@H]4O)[C@@H](O)[C@H](O[C@H]4O[C@H](CO)[C@@H](O)[C@H](O)[C@@H]4O[C@@H]4O[C@H](CO)[C@@H](O[C@@H]5O[C@H](CO)[C@H](O)[C@H](O)[C@H]5O)[C@H](O)[C@H]4NC(C)=O)[C@@H]3O)[C@H](O)[C@H]2NC(C)=O)[C@@H](CO)O[C@H]1O. The van der Waals surface area contributed by atoms with E-state index < -0.39 is 359 Å². The number of carbonyl (C=O) groups excluding carboxylic acids is 4. The molecule has 112 heavy (non-hydrogen) atoms. The van der Waals surface area contributed by atoms with Gasteiger partial charge in [0.15, 0.2) is 56.6 Å². The summed E-state index contributed by atoms with van der Waals surface area (Å²) in [6.45, 7) is -5.54. The van der Waals surface area contributed by atoms with E-state index in [0.717, 1.165) is 27.7 Å².